The van der Waals surface area contributed by atoms with Crippen LogP contribution < -0.4 is 0 Å². The van der Waals surface area contributed by atoms with Crippen LogP contribution in [-0.4, -0.2) is 41.5 Å². The largest absolute Gasteiger partial charge is 0.480 e. The Balaban J connectivity index is 2.24. The van der Waals surface area contributed by atoms with E-state index in [1.54, 1.807) is 6.92 Å². The zero-order valence-corrected chi connectivity index (χ0v) is 11.3. The first kappa shape index (κ1) is 14.0. The topological polar surface area (TPSA) is 101 Å². The van der Waals surface area contributed by atoms with E-state index >= 15 is 0 Å². The first-order valence-corrected chi connectivity index (χ1v) is 7.64. The van der Waals surface area contributed by atoms with Crippen molar-refractivity contribution in [3.63, 3.8) is 0 Å². The Labute approximate surface area is 111 Å². The second-order valence-corrected chi connectivity index (χ2v) is 6.68. The van der Waals surface area contributed by atoms with Crippen molar-refractivity contribution in [2.45, 2.75) is 31.6 Å². The summed E-state index contributed by atoms with van der Waals surface area (Å²) in [7, 11) is -3.70. The van der Waals surface area contributed by atoms with E-state index in [9.17, 15) is 18.3 Å². The zero-order chi connectivity index (χ0) is 14.0. The fraction of sp³-hybridized carbons (Fsp3) is 0.636. The summed E-state index contributed by atoms with van der Waals surface area (Å²) < 4.78 is 30.3. The van der Waals surface area contributed by atoms with Crippen molar-refractivity contribution < 1.29 is 22.8 Å². The smallest absolute Gasteiger partial charge is 0.322 e. The first-order chi connectivity index (χ1) is 8.92. The molecule has 106 valence electrons. The van der Waals surface area contributed by atoms with Crippen LogP contribution in [-0.2, 0) is 20.6 Å². The van der Waals surface area contributed by atoms with E-state index in [1.165, 1.54) is 12.3 Å². The van der Waals surface area contributed by atoms with Crippen LogP contribution in [0.2, 0.25) is 0 Å². The predicted octanol–water partition coefficient (Wildman–Crippen LogP) is 0.690. The molecule has 0 saturated carbocycles. The van der Waals surface area contributed by atoms with Crippen molar-refractivity contribution >= 4 is 16.0 Å². The summed E-state index contributed by atoms with van der Waals surface area (Å²) in [6.07, 6.45) is 2.67. The van der Waals surface area contributed by atoms with E-state index in [-0.39, 0.29) is 23.9 Å². The monoisotopic (exact) mass is 288 g/mol. The zero-order valence-electron chi connectivity index (χ0n) is 10.5. The molecule has 1 aliphatic heterocycles. The average Bonchev–Trinajstić information content (AvgIpc) is 2.80. The molecule has 19 heavy (non-hydrogen) atoms. The Hall–Kier alpha value is -1.41. The van der Waals surface area contributed by atoms with Gasteiger partial charge in [0.2, 0.25) is 10.0 Å². The average molecular weight is 288 g/mol. The van der Waals surface area contributed by atoms with Gasteiger partial charge in [0, 0.05) is 12.6 Å². The lowest BCUT2D eigenvalue weighted by Crippen LogP contribution is -2.52. The molecule has 1 aromatic heterocycles. The molecular weight excluding hydrogens is 272 g/mol. The Morgan fingerprint density at radius 1 is 1.63 bits per heavy atom. The third kappa shape index (κ3) is 2.95. The van der Waals surface area contributed by atoms with Gasteiger partial charge in [0.1, 0.15) is 18.1 Å². The molecule has 0 aliphatic carbocycles. The van der Waals surface area contributed by atoms with E-state index in [2.05, 4.69) is 9.68 Å². The molecule has 2 rings (SSSR count). The highest BCUT2D eigenvalue weighted by atomic mass is 32.2. The van der Waals surface area contributed by atoms with Crippen LogP contribution in [0.4, 0.5) is 0 Å². The number of piperidine rings is 1. The highest BCUT2D eigenvalue weighted by Gasteiger charge is 2.41. The van der Waals surface area contributed by atoms with Crippen LogP contribution in [0.1, 0.15) is 25.5 Å². The molecule has 8 heteroatoms. The van der Waals surface area contributed by atoms with Crippen LogP contribution in [0.25, 0.3) is 0 Å². The summed E-state index contributed by atoms with van der Waals surface area (Å²) in [6.45, 7) is 2.00. The summed E-state index contributed by atoms with van der Waals surface area (Å²) in [4.78, 5) is 11.3. The standard InChI is InChI=1S/C11H16N2O5S/c1-8-3-2-5-13(10(8)11(14)15)19(16,17)7-9-4-6-18-12-9/h4,6,8,10H,2-3,5,7H2,1H3,(H,14,15). The fourth-order valence-corrected chi connectivity index (χ4v) is 4.15. The fourth-order valence-electron chi connectivity index (χ4n) is 2.41. The number of aromatic nitrogens is 1. The van der Waals surface area contributed by atoms with Gasteiger partial charge in [0.05, 0.1) is 5.69 Å². The van der Waals surface area contributed by atoms with Gasteiger partial charge >= 0.3 is 5.97 Å². The Morgan fingerprint density at radius 2 is 2.37 bits per heavy atom. The predicted molar refractivity (Wildman–Crippen MR) is 65.7 cm³/mol. The Bertz CT molecular complexity index is 539. The van der Waals surface area contributed by atoms with Gasteiger partial charge in [-0.05, 0) is 18.8 Å². The van der Waals surface area contributed by atoms with Crippen LogP contribution in [0, 0.1) is 5.92 Å². The maximum absolute atomic E-state index is 12.3. The number of rotatable bonds is 4. The van der Waals surface area contributed by atoms with Crippen molar-refractivity contribution in [3.05, 3.63) is 18.0 Å². The summed E-state index contributed by atoms with van der Waals surface area (Å²) in [5.74, 6) is -1.63. The van der Waals surface area contributed by atoms with Crippen molar-refractivity contribution in [2.75, 3.05) is 6.54 Å². The molecule has 1 aliphatic rings. The molecule has 2 atom stereocenters. The van der Waals surface area contributed by atoms with Gasteiger partial charge in [-0.3, -0.25) is 4.79 Å². The quantitative estimate of drug-likeness (QED) is 0.874. The number of hydrogen-bond acceptors (Lipinski definition) is 5. The number of sulfonamides is 1. The second kappa shape index (κ2) is 5.30. The SMILES string of the molecule is CC1CCCN(S(=O)(=O)Cc2ccon2)C1C(=O)O. The Morgan fingerprint density at radius 3 is 2.95 bits per heavy atom. The maximum atomic E-state index is 12.3. The van der Waals surface area contributed by atoms with Crippen molar-refractivity contribution in [3.8, 4) is 0 Å². The first-order valence-electron chi connectivity index (χ1n) is 6.03. The highest BCUT2D eigenvalue weighted by Crippen LogP contribution is 2.27. The minimum atomic E-state index is -3.70. The molecule has 1 fully saturated rings. The minimum absolute atomic E-state index is 0.196. The van der Waals surface area contributed by atoms with Gasteiger partial charge in [-0.25, -0.2) is 8.42 Å². The highest BCUT2D eigenvalue weighted by molar-refractivity contribution is 7.88. The summed E-state index contributed by atoms with van der Waals surface area (Å²) in [5, 5.41) is 12.8. The van der Waals surface area contributed by atoms with Crippen LogP contribution in [0.3, 0.4) is 0 Å². The van der Waals surface area contributed by atoms with Gasteiger partial charge in [0.25, 0.3) is 0 Å². The number of aliphatic carboxylic acids is 1. The number of carboxylic acids is 1. The minimum Gasteiger partial charge on any atom is -0.480 e. The number of hydrogen-bond donors (Lipinski definition) is 1. The molecular formula is C11H16N2O5S. The lowest BCUT2D eigenvalue weighted by atomic mass is 9.93. The summed E-state index contributed by atoms with van der Waals surface area (Å²) >= 11 is 0. The maximum Gasteiger partial charge on any atom is 0.322 e. The van der Waals surface area contributed by atoms with Crippen LogP contribution >= 0.6 is 0 Å². The second-order valence-electron chi connectivity index (χ2n) is 4.76. The molecule has 1 saturated heterocycles. The lowest BCUT2D eigenvalue weighted by molar-refractivity contribution is -0.144. The number of nitrogens with zero attached hydrogens (tertiary/aromatic N) is 2. The molecule has 0 spiro atoms. The lowest BCUT2D eigenvalue weighted by Gasteiger charge is -2.36. The van der Waals surface area contributed by atoms with Gasteiger partial charge in [-0.15, -0.1) is 0 Å². The molecule has 2 heterocycles. The van der Waals surface area contributed by atoms with Gasteiger partial charge in [-0.1, -0.05) is 12.1 Å². The Kier molecular flexibility index (Phi) is 3.91. The normalized spacial score (nSPS) is 25.3. The van der Waals surface area contributed by atoms with E-state index in [0.717, 1.165) is 4.31 Å². The number of carboxylic acid groups (broad SMARTS) is 1. The molecule has 1 N–H and O–H groups in total. The molecule has 2 unspecified atom stereocenters. The summed E-state index contributed by atoms with van der Waals surface area (Å²) in [6, 6.07) is 0.464. The van der Waals surface area contributed by atoms with E-state index < -0.39 is 22.0 Å². The van der Waals surface area contributed by atoms with Gasteiger partial charge in [0.15, 0.2) is 0 Å². The molecule has 0 aromatic carbocycles. The van der Waals surface area contributed by atoms with E-state index in [4.69, 9.17) is 0 Å². The van der Waals surface area contributed by atoms with E-state index in [1.807, 2.05) is 0 Å². The number of carbonyl (C=O) groups is 1. The third-order valence-corrected chi connectivity index (χ3v) is 5.10. The molecule has 7 nitrogen and oxygen atoms in total. The molecule has 0 radical (unpaired) electrons. The van der Waals surface area contributed by atoms with Gasteiger partial charge in [-0.2, -0.15) is 4.31 Å². The van der Waals surface area contributed by atoms with Crippen LogP contribution in [0.15, 0.2) is 16.9 Å². The van der Waals surface area contributed by atoms with Crippen LogP contribution in [0.5, 0.6) is 0 Å². The van der Waals surface area contributed by atoms with Crippen molar-refractivity contribution in [1.29, 1.82) is 0 Å². The third-order valence-electron chi connectivity index (χ3n) is 3.32. The summed E-state index contributed by atoms with van der Waals surface area (Å²) in [5.41, 5.74) is 0.280. The molecule has 1 aromatic rings. The van der Waals surface area contributed by atoms with Gasteiger partial charge < -0.3 is 9.63 Å². The van der Waals surface area contributed by atoms with Crippen molar-refractivity contribution in [2.24, 2.45) is 5.92 Å². The van der Waals surface area contributed by atoms with Crippen molar-refractivity contribution in [1.82, 2.24) is 9.46 Å². The molecule has 0 amide bonds. The molecule has 0 bridgehead atoms. The van der Waals surface area contributed by atoms with E-state index in [0.29, 0.717) is 12.8 Å².